The molecule has 0 amide bonds. The van der Waals surface area contributed by atoms with Crippen LogP contribution in [0.4, 0.5) is 0 Å². The van der Waals surface area contributed by atoms with E-state index in [2.05, 4.69) is 4.98 Å². The highest BCUT2D eigenvalue weighted by Gasteiger charge is 2.14. The molecule has 1 rings (SSSR count). The van der Waals surface area contributed by atoms with Gasteiger partial charge in [-0.25, -0.2) is 4.98 Å². The molecule has 0 saturated carbocycles. The summed E-state index contributed by atoms with van der Waals surface area (Å²) < 4.78 is 1.88. The fourth-order valence-corrected chi connectivity index (χ4v) is 1.10. The summed E-state index contributed by atoms with van der Waals surface area (Å²) in [6.45, 7) is 2.75. The Labute approximate surface area is 76.2 Å². The second kappa shape index (κ2) is 4.04. The van der Waals surface area contributed by atoms with E-state index in [1.807, 2.05) is 17.7 Å². The zero-order chi connectivity index (χ0) is 9.84. The fraction of sp³-hybridized carbons (Fsp3) is 0.500. The molecule has 0 saturated heterocycles. The number of imidazole rings is 1. The number of rotatable bonds is 4. The molecule has 13 heavy (non-hydrogen) atoms. The standard InChI is InChI=1S/C8H13N3O2/c1-2-11-4-3-10-7(11)5-6(9)8(12)13/h3-4,6H,2,5,9H2,1H3,(H,12,13)/t6-/m1/s1. The number of carboxylic acids is 1. The van der Waals surface area contributed by atoms with Crippen molar-refractivity contribution >= 4 is 5.97 Å². The Morgan fingerprint density at radius 1 is 1.85 bits per heavy atom. The van der Waals surface area contributed by atoms with E-state index in [9.17, 15) is 4.79 Å². The van der Waals surface area contributed by atoms with Gasteiger partial charge in [0.2, 0.25) is 0 Å². The van der Waals surface area contributed by atoms with E-state index >= 15 is 0 Å². The molecule has 0 aliphatic rings. The number of aryl methyl sites for hydroxylation is 1. The van der Waals surface area contributed by atoms with Crippen LogP contribution in [-0.2, 0) is 17.8 Å². The lowest BCUT2D eigenvalue weighted by atomic mass is 10.2. The predicted molar refractivity (Wildman–Crippen MR) is 47.2 cm³/mol. The third kappa shape index (κ3) is 2.29. The van der Waals surface area contributed by atoms with Gasteiger partial charge >= 0.3 is 5.97 Å². The molecule has 0 aromatic carbocycles. The van der Waals surface area contributed by atoms with Gasteiger partial charge in [-0.3, -0.25) is 4.79 Å². The molecule has 0 unspecified atom stereocenters. The molecule has 0 bridgehead atoms. The Morgan fingerprint density at radius 2 is 2.54 bits per heavy atom. The van der Waals surface area contributed by atoms with Crippen LogP contribution in [0.2, 0.25) is 0 Å². The third-order valence-electron chi connectivity index (χ3n) is 1.86. The van der Waals surface area contributed by atoms with Crippen molar-refractivity contribution in [1.29, 1.82) is 0 Å². The molecule has 0 aliphatic heterocycles. The molecule has 3 N–H and O–H groups in total. The van der Waals surface area contributed by atoms with E-state index in [0.717, 1.165) is 12.4 Å². The SMILES string of the molecule is CCn1ccnc1C[C@@H](N)C(=O)O. The van der Waals surface area contributed by atoms with E-state index in [-0.39, 0.29) is 6.42 Å². The van der Waals surface area contributed by atoms with Crippen molar-refractivity contribution in [2.45, 2.75) is 25.9 Å². The van der Waals surface area contributed by atoms with Gasteiger partial charge in [0.1, 0.15) is 11.9 Å². The Hall–Kier alpha value is -1.36. The molecule has 0 spiro atoms. The van der Waals surface area contributed by atoms with E-state index in [1.165, 1.54) is 0 Å². The number of aromatic nitrogens is 2. The predicted octanol–water partition coefficient (Wildman–Crippen LogP) is -0.143. The van der Waals surface area contributed by atoms with Crippen molar-refractivity contribution < 1.29 is 9.90 Å². The highest BCUT2D eigenvalue weighted by Crippen LogP contribution is 2.00. The zero-order valence-electron chi connectivity index (χ0n) is 7.47. The first-order valence-electron chi connectivity index (χ1n) is 4.13. The van der Waals surface area contributed by atoms with Crippen molar-refractivity contribution in [2.75, 3.05) is 0 Å². The average Bonchev–Trinajstić information content (AvgIpc) is 2.51. The molecule has 1 aromatic heterocycles. The molecule has 0 aliphatic carbocycles. The molecule has 1 aromatic rings. The highest BCUT2D eigenvalue weighted by atomic mass is 16.4. The minimum atomic E-state index is -0.995. The number of carboxylic acid groups (broad SMARTS) is 1. The zero-order valence-corrected chi connectivity index (χ0v) is 7.47. The minimum absolute atomic E-state index is 0.274. The Kier molecular flexibility index (Phi) is 3.02. The maximum Gasteiger partial charge on any atom is 0.320 e. The van der Waals surface area contributed by atoms with Crippen LogP contribution in [0.15, 0.2) is 12.4 Å². The Balaban J connectivity index is 2.68. The number of nitrogens with two attached hydrogens (primary N) is 1. The summed E-state index contributed by atoms with van der Waals surface area (Å²) in [4.78, 5) is 14.5. The van der Waals surface area contributed by atoms with Crippen LogP contribution in [0, 0.1) is 0 Å². The summed E-state index contributed by atoms with van der Waals surface area (Å²) in [6, 6.07) is -0.868. The third-order valence-corrected chi connectivity index (χ3v) is 1.86. The van der Waals surface area contributed by atoms with Crippen LogP contribution in [-0.4, -0.2) is 26.7 Å². The first-order valence-corrected chi connectivity index (χ1v) is 4.13. The lowest BCUT2D eigenvalue weighted by Crippen LogP contribution is -2.33. The topological polar surface area (TPSA) is 81.1 Å². The van der Waals surface area contributed by atoms with Crippen molar-refractivity contribution in [3.05, 3.63) is 18.2 Å². The molecular formula is C8H13N3O2. The average molecular weight is 183 g/mol. The lowest BCUT2D eigenvalue weighted by Gasteiger charge is -2.07. The molecule has 1 heterocycles. The quantitative estimate of drug-likeness (QED) is 0.680. The highest BCUT2D eigenvalue weighted by molar-refractivity contribution is 5.73. The molecule has 5 nitrogen and oxygen atoms in total. The summed E-state index contributed by atoms with van der Waals surface area (Å²) in [5, 5.41) is 8.58. The molecule has 1 atom stereocenters. The van der Waals surface area contributed by atoms with Crippen LogP contribution < -0.4 is 5.73 Å². The summed E-state index contributed by atoms with van der Waals surface area (Å²) in [7, 11) is 0. The molecule has 0 radical (unpaired) electrons. The van der Waals surface area contributed by atoms with Gasteiger partial charge in [0.15, 0.2) is 0 Å². The molecular weight excluding hydrogens is 170 g/mol. The monoisotopic (exact) mass is 183 g/mol. The van der Waals surface area contributed by atoms with Crippen LogP contribution >= 0.6 is 0 Å². The van der Waals surface area contributed by atoms with Gasteiger partial charge in [-0.15, -0.1) is 0 Å². The van der Waals surface area contributed by atoms with Gasteiger partial charge in [-0.2, -0.15) is 0 Å². The molecule has 72 valence electrons. The van der Waals surface area contributed by atoms with Gasteiger partial charge in [0.25, 0.3) is 0 Å². The van der Waals surface area contributed by atoms with Gasteiger partial charge in [0.05, 0.1) is 0 Å². The van der Waals surface area contributed by atoms with Gasteiger partial charge in [0, 0.05) is 25.4 Å². The van der Waals surface area contributed by atoms with Crippen molar-refractivity contribution in [3.8, 4) is 0 Å². The lowest BCUT2D eigenvalue weighted by molar-refractivity contribution is -0.138. The summed E-state index contributed by atoms with van der Waals surface area (Å²) in [5.41, 5.74) is 5.38. The van der Waals surface area contributed by atoms with Crippen LogP contribution in [0.3, 0.4) is 0 Å². The van der Waals surface area contributed by atoms with Crippen LogP contribution in [0.25, 0.3) is 0 Å². The number of nitrogens with zero attached hydrogens (tertiary/aromatic N) is 2. The summed E-state index contributed by atoms with van der Waals surface area (Å²) >= 11 is 0. The first-order chi connectivity index (χ1) is 6.15. The number of carbonyl (C=O) groups is 1. The van der Waals surface area contributed by atoms with Gasteiger partial charge in [-0.05, 0) is 6.92 Å². The molecule has 5 heteroatoms. The summed E-state index contributed by atoms with van der Waals surface area (Å²) in [5.74, 6) is -0.275. The maximum absolute atomic E-state index is 10.5. The molecule has 0 fully saturated rings. The first kappa shape index (κ1) is 9.73. The van der Waals surface area contributed by atoms with E-state index in [1.54, 1.807) is 6.20 Å². The fourth-order valence-electron chi connectivity index (χ4n) is 1.10. The summed E-state index contributed by atoms with van der Waals surface area (Å²) in [6.07, 6.45) is 3.73. The largest absolute Gasteiger partial charge is 0.480 e. The second-order valence-corrected chi connectivity index (χ2v) is 2.78. The number of aliphatic carboxylic acids is 1. The maximum atomic E-state index is 10.5. The van der Waals surface area contributed by atoms with E-state index in [4.69, 9.17) is 10.8 Å². The number of hydrogen-bond acceptors (Lipinski definition) is 3. The Bertz CT molecular complexity index is 295. The van der Waals surface area contributed by atoms with Gasteiger partial charge in [-0.1, -0.05) is 0 Å². The van der Waals surface area contributed by atoms with E-state index in [0.29, 0.717) is 0 Å². The Morgan fingerprint density at radius 3 is 3.08 bits per heavy atom. The van der Waals surface area contributed by atoms with E-state index < -0.39 is 12.0 Å². The van der Waals surface area contributed by atoms with Crippen molar-refractivity contribution in [3.63, 3.8) is 0 Å². The minimum Gasteiger partial charge on any atom is -0.480 e. The smallest absolute Gasteiger partial charge is 0.320 e. The van der Waals surface area contributed by atoms with Crippen molar-refractivity contribution in [1.82, 2.24) is 9.55 Å². The van der Waals surface area contributed by atoms with Crippen LogP contribution in [0.5, 0.6) is 0 Å². The van der Waals surface area contributed by atoms with Crippen molar-refractivity contribution in [2.24, 2.45) is 5.73 Å². The normalized spacial score (nSPS) is 12.8. The van der Waals surface area contributed by atoms with Gasteiger partial charge < -0.3 is 15.4 Å². The second-order valence-electron chi connectivity index (χ2n) is 2.78. The number of hydrogen-bond donors (Lipinski definition) is 2. The van der Waals surface area contributed by atoms with Crippen LogP contribution in [0.1, 0.15) is 12.7 Å².